The molecule has 2 aliphatic rings. The Labute approximate surface area is 329 Å². The normalized spacial score (nSPS) is 21.1. The largest absolute Gasteiger partial charge is 0.364 e. The lowest BCUT2D eigenvalue weighted by Crippen LogP contribution is -2.58. The van der Waals surface area contributed by atoms with Gasteiger partial charge in [0.25, 0.3) is 5.91 Å². The van der Waals surface area contributed by atoms with Gasteiger partial charge in [-0.1, -0.05) is 80.2 Å². The number of nitrogens with one attached hydrogen (secondary N) is 5. The quantitative estimate of drug-likeness (QED) is 0.0571. The van der Waals surface area contributed by atoms with Crippen LogP contribution in [0.25, 0.3) is 0 Å². The van der Waals surface area contributed by atoms with Crippen LogP contribution in [0.4, 0.5) is 4.79 Å². The Bertz CT molecular complexity index is 1420. The van der Waals surface area contributed by atoms with Gasteiger partial charge in [0.1, 0.15) is 0 Å². The van der Waals surface area contributed by atoms with Crippen LogP contribution in [0.3, 0.4) is 0 Å². The third-order valence-electron chi connectivity index (χ3n) is 11.1. The van der Waals surface area contributed by atoms with Gasteiger partial charge in [0.15, 0.2) is 11.1 Å². The van der Waals surface area contributed by atoms with Crippen LogP contribution in [-0.2, 0) is 36.7 Å². The van der Waals surface area contributed by atoms with E-state index in [4.69, 9.17) is 4.74 Å². The van der Waals surface area contributed by atoms with Crippen molar-refractivity contribution < 1.29 is 32.7 Å². The molecule has 13 nitrogen and oxygen atoms in total. The first kappa shape index (κ1) is 45.7. The second-order valence-electron chi connectivity index (χ2n) is 16.6. The number of hydrogen-bond acceptors (Lipinski definition) is 9. The SMILES string of the molecule is C=CCNC(=O)C(=O)C(CCC)NC(=O)[C@@H]1C[C@@H](C(C)C)CN1COC[C@@H](NC(=O)N[C@H](CNCc1sccc1S(=O)O)C(C)(C)C)C1(C)CCCCC1. The van der Waals surface area contributed by atoms with E-state index in [2.05, 4.69) is 74.7 Å². The fourth-order valence-electron chi connectivity index (χ4n) is 7.36. The number of urea groups is 1. The summed E-state index contributed by atoms with van der Waals surface area (Å²) in [5, 5.41) is 17.0. The van der Waals surface area contributed by atoms with E-state index in [0.29, 0.717) is 49.7 Å². The van der Waals surface area contributed by atoms with E-state index in [1.165, 1.54) is 17.4 Å². The highest BCUT2D eigenvalue weighted by Gasteiger charge is 2.41. The molecule has 54 heavy (non-hydrogen) atoms. The molecular weight excluding hydrogens is 729 g/mol. The van der Waals surface area contributed by atoms with Crippen LogP contribution < -0.4 is 26.6 Å². The van der Waals surface area contributed by atoms with Crippen molar-refractivity contribution in [3.8, 4) is 0 Å². The standard InChI is InChI=1S/C39H66N6O7S2/c1-9-14-28(34(46)36(48)41-18-10-2)42-35(47)29-20-27(26(3)4)23-45(29)25-52-24-33(39(8)16-12-11-13-17-39)44-37(49)43-32(38(5,6)7)22-40-21-30-31(54(50)51)15-19-53-30/h10,15,19,26-29,32-33,40H,2,9,11-14,16-18,20-25H2,1,3-8H3,(H,41,48)(H,42,47)(H,50,51)(H2,43,44,49)/t27-,28?,29+,32-,33-/m1/s1. The first-order valence-corrected chi connectivity index (χ1v) is 21.5. The first-order valence-electron chi connectivity index (χ1n) is 19.5. The van der Waals surface area contributed by atoms with Gasteiger partial charge in [-0.15, -0.1) is 17.9 Å². The summed E-state index contributed by atoms with van der Waals surface area (Å²) in [6.07, 6.45) is 8.29. The number of carbonyl (C=O) groups excluding carboxylic acids is 4. The van der Waals surface area contributed by atoms with E-state index in [1.807, 2.05) is 11.8 Å². The monoisotopic (exact) mass is 794 g/mol. The van der Waals surface area contributed by atoms with Crippen molar-refractivity contribution in [1.29, 1.82) is 0 Å². The van der Waals surface area contributed by atoms with Crippen LogP contribution in [0.1, 0.15) is 105 Å². The van der Waals surface area contributed by atoms with Crippen molar-refractivity contribution in [1.82, 2.24) is 31.5 Å². The molecule has 1 aliphatic heterocycles. The van der Waals surface area contributed by atoms with Gasteiger partial charge >= 0.3 is 6.03 Å². The van der Waals surface area contributed by atoms with Gasteiger partial charge < -0.3 is 35.9 Å². The molecular formula is C39H66N6O7S2. The lowest BCUT2D eigenvalue weighted by Gasteiger charge is -2.42. The number of hydrogen-bond donors (Lipinski definition) is 6. The number of likely N-dealkylation sites (tertiary alicyclic amines) is 1. The summed E-state index contributed by atoms with van der Waals surface area (Å²) in [6, 6.07) is -0.598. The number of amides is 4. The maximum atomic E-state index is 13.8. The molecule has 1 aromatic heterocycles. The Kier molecular flexibility index (Phi) is 18.3. The van der Waals surface area contributed by atoms with Gasteiger partial charge in [-0.3, -0.25) is 19.3 Å². The van der Waals surface area contributed by atoms with Gasteiger partial charge in [-0.25, -0.2) is 9.00 Å². The summed E-state index contributed by atoms with van der Waals surface area (Å²) in [6.45, 7) is 20.3. The van der Waals surface area contributed by atoms with E-state index >= 15 is 0 Å². The van der Waals surface area contributed by atoms with E-state index in [0.717, 1.165) is 37.0 Å². The average molecular weight is 795 g/mol. The van der Waals surface area contributed by atoms with E-state index in [9.17, 15) is 27.9 Å². The number of ketones is 1. The van der Waals surface area contributed by atoms with E-state index in [-0.39, 0.29) is 60.7 Å². The molecule has 15 heteroatoms. The Hall–Kier alpha value is -2.69. The van der Waals surface area contributed by atoms with Gasteiger partial charge in [0.2, 0.25) is 11.7 Å². The molecule has 0 radical (unpaired) electrons. The zero-order valence-corrected chi connectivity index (χ0v) is 35.1. The fourth-order valence-corrected chi connectivity index (χ4v) is 8.99. The fraction of sp³-hybridized carbons (Fsp3) is 0.744. The predicted molar refractivity (Wildman–Crippen MR) is 214 cm³/mol. The number of thiophene rings is 1. The molecule has 0 bridgehead atoms. The molecule has 6 atom stereocenters. The number of ether oxygens (including phenoxy) is 1. The zero-order chi connectivity index (χ0) is 40.1. The minimum absolute atomic E-state index is 0.166. The summed E-state index contributed by atoms with van der Waals surface area (Å²) in [5.41, 5.74) is -0.458. The van der Waals surface area contributed by atoms with E-state index < -0.39 is 34.9 Å². The van der Waals surface area contributed by atoms with Crippen LogP contribution >= 0.6 is 11.3 Å². The lowest BCUT2D eigenvalue weighted by atomic mass is 9.70. The zero-order valence-electron chi connectivity index (χ0n) is 33.5. The number of Topliss-reactive ketones (excluding diaryl/α,β-unsaturated/α-hetero) is 1. The third kappa shape index (κ3) is 13.5. The van der Waals surface area contributed by atoms with Gasteiger partial charge in [0, 0.05) is 37.1 Å². The van der Waals surface area contributed by atoms with E-state index in [1.54, 1.807) is 11.4 Å². The molecule has 4 amide bonds. The lowest BCUT2D eigenvalue weighted by molar-refractivity contribution is -0.140. The molecule has 1 aliphatic carbocycles. The molecule has 2 unspecified atom stereocenters. The van der Waals surface area contributed by atoms with Crippen molar-refractivity contribution in [3.63, 3.8) is 0 Å². The molecule has 306 valence electrons. The molecule has 1 saturated heterocycles. The molecule has 0 spiro atoms. The van der Waals surface area contributed by atoms with Gasteiger partial charge in [-0.05, 0) is 59.8 Å². The van der Waals surface area contributed by atoms with Crippen LogP contribution in [0.15, 0.2) is 29.0 Å². The Morgan fingerprint density at radius 2 is 1.85 bits per heavy atom. The molecule has 0 aromatic carbocycles. The van der Waals surface area contributed by atoms with Gasteiger partial charge in [-0.2, -0.15) is 0 Å². The highest BCUT2D eigenvalue weighted by Crippen LogP contribution is 2.39. The second kappa shape index (κ2) is 21.6. The topological polar surface area (TPSA) is 178 Å². The smallest absolute Gasteiger partial charge is 0.315 e. The summed E-state index contributed by atoms with van der Waals surface area (Å²) >= 11 is -0.639. The van der Waals surface area contributed by atoms with Crippen molar-refractivity contribution in [2.45, 2.75) is 135 Å². The Morgan fingerprint density at radius 3 is 2.46 bits per heavy atom. The Balaban J connectivity index is 1.69. The summed E-state index contributed by atoms with van der Waals surface area (Å²) in [5.74, 6) is -1.12. The number of nitrogens with zero attached hydrogens (tertiary/aromatic N) is 1. The first-order chi connectivity index (χ1) is 25.5. The maximum Gasteiger partial charge on any atom is 0.315 e. The minimum Gasteiger partial charge on any atom is -0.364 e. The molecule has 1 aromatic rings. The Morgan fingerprint density at radius 1 is 1.15 bits per heavy atom. The van der Waals surface area contributed by atoms with Crippen molar-refractivity contribution in [2.24, 2.45) is 22.7 Å². The summed E-state index contributed by atoms with van der Waals surface area (Å²) < 4.78 is 27.7. The van der Waals surface area contributed by atoms with Crippen LogP contribution in [0.5, 0.6) is 0 Å². The van der Waals surface area contributed by atoms with Crippen molar-refractivity contribution >= 4 is 46.0 Å². The molecule has 2 heterocycles. The highest BCUT2D eigenvalue weighted by molar-refractivity contribution is 7.79. The molecule has 2 fully saturated rings. The third-order valence-corrected chi connectivity index (χ3v) is 12.9. The highest BCUT2D eigenvalue weighted by atomic mass is 32.2. The van der Waals surface area contributed by atoms with Crippen LogP contribution in [0, 0.1) is 22.7 Å². The summed E-state index contributed by atoms with van der Waals surface area (Å²) in [4.78, 5) is 56.1. The number of rotatable bonds is 21. The van der Waals surface area contributed by atoms with Crippen molar-refractivity contribution in [3.05, 3.63) is 29.0 Å². The number of carbonyl (C=O) groups is 4. The maximum absolute atomic E-state index is 13.8. The molecule has 6 N–H and O–H groups in total. The van der Waals surface area contributed by atoms with Gasteiger partial charge in [0.05, 0.1) is 36.4 Å². The average Bonchev–Trinajstić information content (AvgIpc) is 3.77. The minimum atomic E-state index is -2.06. The van der Waals surface area contributed by atoms with Crippen LogP contribution in [0.2, 0.25) is 0 Å². The van der Waals surface area contributed by atoms with Crippen molar-refractivity contribution in [2.75, 3.05) is 33.0 Å². The second-order valence-corrected chi connectivity index (χ2v) is 18.6. The predicted octanol–water partition coefficient (Wildman–Crippen LogP) is 4.95. The summed E-state index contributed by atoms with van der Waals surface area (Å²) in [7, 11) is 0. The van der Waals surface area contributed by atoms with Crippen LogP contribution in [-0.4, -0.2) is 94.4 Å². The molecule has 3 rings (SSSR count). The molecule has 1 saturated carbocycles.